The van der Waals surface area contributed by atoms with Gasteiger partial charge in [0, 0.05) is 0 Å². The normalized spacial score (nSPS) is 11.9. The fourth-order valence-electron chi connectivity index (χ4n) is 2.98. The number of rotatable bonds is 9. The first-order valence-electron chi connectivity index (χ1n) is 9.31. The van der Waals surface area contributed by atoms with Crippen molar-refractivity contribution in [3.63, 3.8) is 0 Å². The predicted molar refractivity (Wildman–Crippen MR) is 103 cm³/mol. The minimum Gasteiger partial charge on any atom is -0.436 e. The van der Waals surface area contributed by atoms with E-state index >= 15 is 0 Å². The fraction of sp³-hybridized carbons (Fsp3) is 0.318. The number of aryl methyl sites for hydroxylation is 1. The molecule has 0 aliphatic heterocycles. The highest BCUT2D eigenvalue weighted by molar-refractivity contribution is 5.51. The molecule has 0 spiro atoms. The van der Waals surface area contributed by atoms with Gasteiger partial charge in [0.1, 0.15) is 23.6 Å². The van der Waals surface area contributed by atoms with Crippen LogP contribution < -0.4 is 0 Å². The minimum absolute atomic E-state index is 0.304. The zero-order valence-electron chi connectivity index (χ0n) is 15.2. The van der Waals surface area contributed by atoms with Crippen molar-refractivity contribution in [3.05, 3.63) is 71.9 Å². The smallest absolute Gasteiger partial charge is 0.223 e. The maximum Gasteiger partial charge on any atom is 0.223 e. The first-order valence-corrected chi connectivity index (χ1v) is 9.31. The Bertz CT molecular complexity index is 884. The van der Waals surface area contributed by atoms with E-state index < -0.39 is 6.10 Å². The zero-order valence-corrected chi connectivity index (χ0v) is 15.2. The van der Waals surface area contributed by atoms with E-state index in [1.807, 2.05) is 12.1 Å². The SMILES string of the molecule is N#Cc1cccc(-c2cnc(C(O)CCCCCCc3ccccc3)o2)n1. The van der Waals surface area contributed by atoms with Crippen LogP contribution in [0, 0.1) is 11.3 Å². The van der Waals surface area contributed by atoms with Crippen LogP contribution in [0.25, 0.3) is 11.5 Å². The highest BCUT2D eigenvalue weighted by atomic mass is 16.4. The van der Waals surface area contributed by atoms with Crippen molar-refractivity contribution in [2.45, 2.75) is 44.6 Å². The summed E-state index contributed by atoms with van der Waals surface area (Å²) in [7, 11) is 0. The molecule has 0 aliphatic rings. The van der Waals surface area contributed by atoms with Gasteiger partial charge in [0.05, 0.1) is 6.20 Å². The third-order valence-corrected chi connectivity index (χ3v) is 4.46. The van der Waals surface area contributed by atoms with Gasteiger partial charge in [-0.2, -0.15) is 5.26 Å². The van der Waals surface area contributed by atoms with Gasteiger partial charge in [-0.15, -0.1) is 0 Å². The molecule has 3 aromatic rings. The Morgan fingerprint density at radius 2 is 1.81 bits per heavy atom. The van der Waals surface area contributed by atoms with Gasteiger partial charge in [0.25, 0.3) is 0 Å². The van der Waals surface area contributed by atoms with E-state index in [0.717, 1.165) is 32.1 Å². The highest BCUT2D eigenvalue weighted by Crippen LogP contribution is 2.24. The van der Waals surface area contributed by atoms with Crippen LogP contribution in [0.3, 0.4) is 0 Å². The van der Waals surface area contributed by atoms with Crippen LogP contribution in [0.1, 0.15) is 55.4 Å². The Hall–Kier alpha value is -2.97. The molecule has 27 heavy (non-hydrogen) atoms. The molecule has 0 saturated heterocycles. The number of unbranched alkanes of at least 4 members (excludes halogenated alkanes) is 3. The third-order valence-electron chi connectivity index (χ3n) is 4.46. The second-order valence-corrected chi connectivity index (χ2v) is 6.54. The molecule has 138 valence electrons. The molecule has 3 rings (SSSR count). The quantitative estimate of drug-likeness (QED) is 0.552. The second-order valence-electron chi connectivity index (χ2n) is 6.54. The molecule has 1 aromatic carbocycles. The highest BCUT2D eigenvalue weighted by Gasteiger charge is 2.15. The number of nitrogens with zero attached hydrogens (tertiary/aromatic N) is 3. The lowest BCUT2D eigenvalue weighted by atomic mass is 10.0. The summed E-state index contributed by atoms with van der Waals surface area (Å²) in [5, 5.41) is 19.2. The number of pyridine rings is 1. The summed E-state index contributed by atoms with van der Waals surface area (Å²) in [4.78, 5) is 8.34. The Morgan fingerprint density at radius 3 is 2.63 bits per heavy atom. The number of hydrogen-bond donors (Lipinski definition) is 1. The van der Waals surface area contributed by atoms with Gasteiger partial charge in [0.2, 0.25) is 5.89 Å². The largest absolute Gasteiger partial charge is 0.436 e. The molecule has 2 heterocycles. The van der Waals surface area contributed by atoms with Crippen LogP contribution in [-0.2, 0) is 6.42 Å². The number of hydrogen-bond acceptors (Lipinski definition) is 5. The predicted octanol–water partition coefficient (Wildman–Crippen LogP) is 4.83. The summed E-state index contributed by atoms with van der Waals surface area (Å²) in [6.45, 7) is 0. The van der Waals surface area contributed by atoms with E-state index in [9.17, 15) is 5.11 Å². The molecule has 0 fully saturated rings. The molecule has 0 amide bonds. The number of aliphatic hydroxyl groups is 1. The maximum absolute atomic E-state index is 10.3. The van der Waals surface area contributed by atoms with Crippen LogP contribution in [0.4, 0.5) is 0 Å². The van der Waals surface area contributed by atoms with Crippen molar-refractivity contribution in [1.82, 2.24) is 9.97 Å². The van der Waals surface area contributed by atoms with Crippen LogP contribution in [-0.4, -0.2) is 15.1 Å². The summed E-state index contributed by atoms with van der Waals surface area (Å²) in [5.74, 6) is 0.766. The lowest BCUT2D eigenvalue weighted by molar-refractivity contribution is 0.131. The van der Waals surface area contributed by atoms with E-state index in [2.05, 4.69) is 34.2 Å². The summed E-state index contributed by atoms with van der Waals surface area (Å²) < 4.78 is 5.63. The van der Waals surface area contributed by atoms with Gasteiger partial charge in [-0.05, 0) is 37.0 Å². The second kappa shape index (κ2) is 9.65. The first-order chi connectivity index (χ1) is 13.3. The topological polar surface area (TPSA) is 82.9 Å². The number of aromatic nitrogens is 2. The standard InChI is InChI=1S/C22H23N3O2/c23-15-18-12-8-13-19(25-18)21-16-24-22(27-21)20(26)14-7-2-1-4-9-17-10-5-3-6-11-17/h3,5-6,8,10-13,16,20,26H,1-2,4,7,9,14H2. The van der Waals surface area contributed by atoms with Gasteiger partial charge in [-0.1, -0.05) is 55.7 Å². The average Bonchev–Trinajstić information content (AvgIpc) is 3.22. The summed E-state index contributed by atoms with van der Waals surface area (Å²) >= 11 is 0. The average molecular weight is 361 g/mol. The van der Waals surface area contributed by atoms with Crippen molar-refractivity contribution in [2.24, 2.45) is 0 Å². The number of oxazole rings is 1. The molecule has 0 radical (unpaired) electrons. The van der Waals surface area contributed by atoms with E-state index in [0.29, 0.717) is 29.5 Å². The molecule has 0 aliphatic carbocycles. The fourth-order valence-corrected chi connectivity index (χ4v) is 2.98. The Balaban J connectivity index is 1.41. The van der Waals surface area contributed by atoms with Gasteiger partial charge in [-0.3, -0.25) is 0 Å². The Morgan fingerprint density at radius 1 is 1.00 bits per heavy atom. The van der Waals surface area contributed by atoms with Crippen LogP contribution in [0.15, 0.2) is 59.1 Å². The molecular weight excluding hydrogens is 338 g/mol. The summed E-state index contributed by atoms with van der Waals surface area (Å²) in [6.07, 6.45) is 6.85. The van der Waals surface area contributed by atoms with Crippen molar-refractivity contribution in [2.75, 3.05) is 0 Å². The molecule has 1 atom stereocenters. The molecule has 0 bridgehead atoms. The van der Waals surface area contributed by atoms with Gasteiger partial charge in [0.15, 0.2) is 5.76 Å². The number of aliphatic hydroxyl groups excluding tert-OH is 1. The van der Waals surface area contributed by atoms with Gasteiger partial charge < -0.3 is 9.52 Å². The van der Waals surface area contributed by atoms with Crippen molar-refractivity contribution < 1.29 is 9.52 Å². The molecule has 1 unspecified atom stereocenters. The molecule has 2 aromatic heterocycles. The van der Waals surface area contributed by atoms with Crippen LogP contribution >= 0.6 is 0 Å². The number of benzene rings is 1. The minimum atomic E-state index is -0.716. The van der Waals surface area contributed by atoms with Crippen LogP contribution in [0.2, 0.25) is 0 Å². The van der Waals surface area contributed by atoms with E-state index in [1.165, 1.54) is 5.56 Å². The van der Waals surface area contributed by atoms with Gasteiger partial charge >= 0.3 is 0 Å². The van der Waals surface area contributed by atoms with Crippen molar-refractivity contribution in [1.29, 1.82) is 5.26 Å². The van der Waals surface area contributed by atoms with Crippen molar-refractivity contribution in [3.8, 4) is 17.5 Å². The zero-order chi connectivity index (χ0) is 18.9. The first kappa shape index (κ1) is 18.8. The molecule has 5 heteroatoms. The lowest BCUT2D eigenvalue weighted by Crippen LogP contribution is -1.97. The molecule has 1 N–H and O–H groups in total. The maximum atomic E-state index is 10.3. The molecular formula is C22H23N3O2. The number of nitriles is 1. The van der Waals surface area contributed by atoms with Crippen molar-refractivity contribution >= 4 is 0 Å². The summed E-state index contributed by atoms with van der Waals surface area (Å²) in [6, 6.07) is 17.6. The van der Waals surface area contributed by atoms with E-state index in [-0.39, 0.29) is 0 Å². The third kappa shape index (κ3) is 5.50. The Labute approximate surface area is 159 Å². The molecule has 5 nitrogen and oxygen atoms in total. The van der Waals surface area contributed by atoms with E-state index in [1.54, 1.807) is 24.4 Å². The van der Waals surface area contributed by atoms with E-state index in [4.69, 9.17) is 9.68 Å². The molecule has 0 saturated carbocycles. The lowest BCUT2D eigenvalue weighted by Gasteiger charge is -2.06. The summed E-state index contributed by atoms with van der Waals surface area (Å²) in [5.41, 5.74) is 2.24. The van der Waals surface area contributed by atoms with Gasteiger partial charge in [-0.25, -0.2) is 9.97 Å². The van der Waals surface area contributed by atoms with Crippen LogP contribution in [0.5, 0.6) is 0 Å². The Kier molecular flexibility index (Phi) is 6.72. The monoisotopic (exact) mass is 361 g/mol.